The van der Waals surface area contributed by atoms with Crippen molar-refractivity contribution in [1.29, 1.82) is 0 Å². The van der Waals surface area contributed by atoms with E-state index in [-0.39, 0.29) is 5.54 Å². The van der Waals surface area contributed by atoms with Crippen LogP contribution in [0.15, 0.2) is 12.7 Å². The minimum absolute atomic E-state index is 0.269. The Hall–Kier alpha value is -0.300. The largest absolute Gasteiger partial charge is 0.308 e. The van der Waals surface area contributed by atoms with E-state index in [2.05, 4.69) is 24.9 Å². The summed E-state index contributed by atoms with van der Waals surface area (Å²) in [4.78, 5) is 0. The Labute approximate surface area is 76.2 Å². The minimum atomic E-state index is 0.269. The van der Waals surface area contributed by atoms with E-state index in [4.69, 9.17) is 0 Å². The van der Waals surface area contributed by atoms with Crippen molar-refractivity contribution in [3.8, 4) is 0 Å². The molecule has 1 atom stereocenters. The molecule has 0 aromatic heterocycles. The highest BCUT2D eigenvalue weighted by Gasteiger charge is 2.25. The van der Waals surface area contributed by atoms with Crippen LogP contribution in [0.4, 0.5) is 0 Å². The van der Waals surface area contributed by atoms with Crippen LogP contribution in [-0.4, -0.2) is 12.1 Å². The van der Waals surface area contributed by atoms with Crippen molar-refractivity contribution in [2.45, 2.75) is 51.0 Å². The van der Waals surface area contributed by atoms with Gasteiger partial charge in [0.2, 0.25) is 0 Å². The lowest BCUT2D eigenvalue weighted by atomic mass is 9.89. The summed E-state index contributed by atoms with van der Waals surface area (Å²) in [6.07, 6.45) is 9.98. The first kappa shape index (κ1) is 9.79. The molecule has 1 nitrogen and oxygen atoms in total. The van der Waals surface area contributed by atoms with Crippen molar-refractivity contribution >= 4 is 0 Å². The van der Waals surface area contributed by atoms with Crippen LogP contribution in [0.25, 0.3) is 0 Å². The molecule has 1 aliphatic rings. The second-order valence-electron chi connectivity index (χ2n) is 3.85. The van der Waals surface area contributed by atoms with Crippen molar-refractivity contribution in [1.82, 2.24) is 5.32 Å². The third-order valence-corrected chi connectivity index (χ3v) is 2.86. The van der Waals surface area contributed by atoms with Gasteiger partial charge in [0.1, 0.15) is 0 Å². The maximum absolute atomic E-state index is 3.95. The third-order valence-electron chi connectivity index (χ3n) is 2.86. The Kier molecular flexibility index (Phi) is 3.80. The average Bonchev–Trinajstić information content (AvgIpc) is 2.32. The maximum atomic E-state index is 3.95. The standard InChI is InChI=1S/C11H21N/c1-3-8-11(4-2)9-6-5-7-10-12-11/h4,12H,2-3,5-10H2,1H3. The first-order chi connectivity index (χ1) is 5.83. The minimum Gasteiger partial charge on any atom is -0.308 e. The van der Waals surface area contributed by atoms with Gasteiger partial charge < -0.3 is 5.32 Å². The van der Waals surface area contributed by atoms with Crippen molar-refractivity contribution in [2.24, 2.45) is 0 Å². The summed E-state index contributed by atoms with van der Waals surface area (Å²) >= 11 is 0. The molecule has 0 bridgehead atoms. The SMILES string of the molecule is C=CC1(CCC)CCCCCN1. The van der Waals surface area contributed by atoms with Gasteiger partial charge in [-0.2, -0.15) is 0 Å². The molecule has 0 saturated carbocycles. The zero-order valence-electron chi connectivity index (χ0n) is 8.23. The zero-order valence-corrected chi connectivity index (χ0v) is 8.23. The molecule has 0 aromatic rings. The van der Waals surface area contributed by atoms with E-state index in [1.807, 2.05) is 0 Å². The number of hydrogen-bond acceptors (Lipinski definition) is 1. The molecular weight excluding hydrogens is 146 g/mol. The molecule has 0 spiro atoms. The van der Waals surface area contributed by atoms with Crippen molar-refractivity contribution < 1.29 is 0 Å². The predicted octanol–water partition coefficient (Wildman–Crippen LogP) is 2.87. The molecular formula is C11H21N. The first-order valence-electron chi connectivity index (χ1n) is 5.21. The van der Waals surface area contributed by atoms with Gasteiger partial charge >= 0.3 is 0 Å². The number of nitrogens with one attached hydrogen (secondary N) is 1. The molecule has 1 N–H and O–H groups in total. The highest BCUT2D eigenvalue weighted by Crippen LogP contribution is 2.24. The molecule has 0 radical (unpaired) electrons. The second-order valence-corrected chi connectivity index (χ2v) is 3.85. The molecule has 0 aromatic carbocycles. The molecule has 1 heterocycles. The molecule has 1 unspecified atom stereocenters. The van der Waals surface area contributed by atoms with Gasteiger partial charge in [0.25, 0.3) is 0 Å². The summed E-state index contributed by atoms with van der Waals surface area (Å²) in [6, 6.07) is 0. The van der Waals surface area contributed by atoms with E-state index in [1.54, 1.807) is 0 Å². The molecule has 1 fully saturated rings. The Morgan fingerprint density at radius 1 is 1.42 bits per heavy atom. The van der Waals surface area contributed by atoms with Gasteiger partial charge in [0.05, 0.1) is 0 Å². The van der Waals surface area contributed by atoms with Crippen LogP contribution in [0.3, 0.4) is 0 Å². The number of hydrogen-bond donors (Lipinski definition) is 1. The Bertz CT molecular complexity index is 132. The van der Waals surface area contributed by atoms with E-state index < -0.39 is 0 Å². The van der Waals surface area contributed by atoms with Crippen LogP contribution < -0.4 is 5.32 Å². The molecule has 12 heavy (non-hydrogen) atoms. The topological polar surface area (TPSA) is 12.0 Å². The van der Waals surface area contributed by atoms with E-state index in [9.17, 15) is 0 Å². The fourth-order valence-electron chi connectivity index (χ4n) is 2.10. The van der Waals surface area contributed by atoms with Crippen LogP contribution in [0, 0.1) is 0 Å². The van der Waals surface area contributed by atoms with Crippen molar-refractivity contribution in [3.63, 3.8) is 0 Å². The van der Waals surface area contributed by atoms with Gasteiger partial charge in [-0.1, -0.05) is 32.3 Å². The Balaban J connectivity index is 2.54. The van der Waals surface area contributed by atoms with Crippen LogP contribution >= 0.6 is 0 Å². The fourth-order valence-corrected chi connectivity index (χ4v) is 2.10. The lowest BCUT2D eigenvalue weighted by Gasteiger charge is -2.30. The molecule has 1 heteroatoms. The maximum Gasteiger partial charge on any atom is 0.0361 e. The monoisotopic (exact) mass is 167 g/mol. The van der Waals surface area contributed by atoms with Crippen molar-refractivity contribution in [2.75, 3.05) is 6.54 Å². The smallest absolute Gasteiger partial charge is 0.0361 e. The van der Waals surface area contributed by atoms with E-state index in [0.717, 1.165) is 0 Å². The Morgan fingerprint density at radius 2 is 2.25 bits per heavy atom. The molecule has 0 amide bonds. The van der Waals surface area contributed by atoms with E-state index >= 15 is 0 Å². The first-order valence-corrected chi connectivity index (χ1v) is 5.21. The number of rotatable bonds is 3. The van der Waals surface area contributed by atoms with E-state index in [1.165, 1.54) is 45.1 Å². The molecule has 1 rings (SSSR count). The normalized spacial score (nSPS) is 31.1. The quantitative estimate of drug-likeness (QED) is 0.637. The summed E-state index contributed by atoms with van der Waals surface area (Å²) in [5, 5.41) is 3.63. The van der Waals surface area contributed by atoms with Gasteiger partial charge in [-0.3, -0.25) is 0 Å². The fraction of sp³-hybridized carbons (Fsp3) is 0.818. The summed E-state index contributed by atoms with van der Waals surface area (Å²) in [5.41, 5.74) is 0.269. The van der Waals surface area contributed by atoms with Gasteiger partial charge in [-0.05, 0) is 25.8 Å². The molecule has 0 aliphatic carbocycles. The lowest BCUT2D eigenvalue weighted by molar-refractivity contribution is 0.365. The van der Waals surface area contributed by atoms with E-state index in [0.29, 0.717) is 0 Å². The van der Waals surface area contributed by atoms with Crippen LogP contribution in [0.2, 0.25) is 0 Å². The second kappa shape index (κ2) is 4.66. The highest BCUT2D eigenvalue weighted by molar-refractivity contribution is 5.03. The third kappa shape index (κ3) is 2.34. The average molecular weight is 167 g/mol. The summed E-state index contributed by atoms with van der Waals surface area (Å²) in [6.45, 7) is 7.37. The van der Waals surface area contributed by atoms with Crippen LogP contribution in [0.5, 0.6) is 0 Å². The predicted molar refractivity (Wildman–Crippen MR) is 54.3 cm³/mol. The van der Waals surface area contributed by atoms with Gasteiger partial charge in [0, 0.05) is 5.54 Å². The van der Waals surface area contributed by atoms with Crippen LogP contribution in [0.1, 0.15) is 45.4 Å². The van der Waals surface area contributed by atoms with Gasteiger partial charge in [-0.25, -0.2) is 0 Å². The molecule has 1 saturated heterocycles. The lowest BCUT2D eigenvalue weighted by Crippen LogP contribution is -2.42. The Morgan fingerprint density at radius 3 is 2.92 bits per heavy atom. The molecule has 1 aliphatic heterocycles. The zero-order chi connectivity index (χ0) is 8.86. The van der Waals surface area contributed by atoms with Gasteiger partial charge in [-0.15, -0.1) is 6.58 Å². The summed E-state index contributed by atoms with van der Waals surface area (Å²) < 4.78 is 0. The highest BCUT2D eigenvalue weighted by atomic mass is 15.0. The summed E-state index contributed by atoms with van der Waals surface area (Å²) in [5.74, 6) is 0. The van der Waals surface area contributed by atoms with Gasteiger partial charge in [0.15, 0.2) is 0 Å². The van der Waals surface area contributed by atoms with Crippen molar-refractivity contribution in [3.05, 3.63) is 12.7 Å². The molecule has 70 valence electrons. The van der Waals surface area contributed by atoms with Crippen LogP contribution in [-0.2, 0) is 0 Å². The summed E-state index contributed by atoms with van der Waals surface area (Å²) in [7, 11) is 0.